The molecule has 0 amide bonds. The van der Waals surface area contributed by atoms with Gasteiger partial charge in [-0.1, -0.05) is 83.1 Å². The van der Waals surface area contributed by atoms with Crippen LogP contribution in [0.2, 0.25) is 0 Å². The van der Waals surface area contributed by atoms with Crippen LogP contribution in [-0.4, -0.2) is 12.6 Å². The lowest BCUT2D eigenvalue weighted by molar-refractivity contribution is 0.364. The Labute approximate surface area is 160 Å². The molecule has 0 aliphatic carbocycles. The molecule has 0 radical (unpaired) electrons. The van der Waals surface area contributed by atoms with Gasteiger partial charge >= 0.3 is 0 Å². The molecule has 0 bridgehead atoms. The lowest BCUT2D eigenvalue weighted by Crippen LogP contribution is -2.45. The molecule has 1 heteroatoms. The smallest absolute Gasteiger partial charge is 0.0353 e. The first-order chi connectivity index (χ1) is 12.5. The molecule has 1 N–H and O–H groups in total. The molecule has 2 aromatic carbocycles. The number of hydrogen-bond donors (Lipinski definition) is 1. The minimum absolute atomic E-state index is 0.0571. The fourth-order valence-electron chi connectivity index (χ4n) is 4.66. The van der Waals surface area contributed by atoms with Crippen molar-refractivity contribution in [2.24, 2.45) is 0 Å². The van der Waals surface area contributed by atoms with Gasteiger partial charge in [0, 0.05) is 11.5 Å². The van der Waals surface area contributed by atoms with E-state index in [9.17, 15) is 0 Å². The normalized spacial score (nSPS) is 18.0. The van der Waals surface area contributed by atoms with Crippen LogP contribution in [0.5, 0.6) is 0 Å². The fraction of sp³-hybridized carbons (Fsp3) is 0.520. The third-order valence-electron chi connectivity index (χ3n) is 6.40. The summed E-state index contributed by atoms with van der Waals surface area (Å²) in [6.45, 7) is 12.6. The summed E-state index contributed by atoms with van der Waals surface area (Å²) in [5, 5.41) is 3.82. The first-order valence-electron chi connectivity index (χ1n) is 10.4. The summed E-state index contributed by atoms with van der Waals surface area (Å²) in [7, 11) is 0. The zero-order valence-electron chi connectivity index (χ0n) is 17.2. The molecular weight excluding hydrogens is 314 g/mol. The van der Waals surface area contributed by atoms with E-state index in [0.717, 1.165) is 13.0 Å². The molecule has 0 spiro atoms. The highest BCUT2D eigenvalue weighted by Crippen LogP contribution is 2.42. The zero-order valence-corrected chi connectivity index (χ0v) is 17.2. The first-order valence-corrected chi connectivity index (χ1v) is 10.4. The van der Waals surface area contributed by atoms with Crippen LogP contribution in [0.1, 0.15) is 88.0 Å². The molecule has 3 rings (SSSR count). The molecule has 2 aromatic rings. The van der Waals surface area contributed by atoms with Crippen molar-refractivity contribution in [2.45, 2.75) is 77.2 Å². The standard InChI is InChI=1S/C25H35N/c1-6-25(24-8-7-17-26-24,22-13-9-20(10-14-22)18(2)3)23-15-11-21(12-16-23)19(4)5/h9-16,18-19,24,26H,6-8,17H2,1-5H3. The van der Waals surface area contributed by atoms with Crippen LogP contribution in [0.15, 0.2) is 48.5 Å². The Balaban J connectivity index is 2.09. The topological polar surface area (TPSA) is 12.0 Å². The van der Waals surface area contributed by atoms with Crippen molar-refractivity contribution >= 4 is 0 Å². The minimum atomic E-state index is 0.0571. The Morgan fingerprint density at radius 3 is 1.62 bits per heavy atom. The van der Waals surface area contributed by atoms with Gasteiger partial charge in [-0.15, -0.1) is 0 Å². The highest BCUT2D eigenvalue weighted by atomic mass is 15.0. The maximum Gasteiger partial charge on any atom is 0.0353 e. The Kier molecular flexibility index (Phi) is 5.87. The second-order valence-corrected chi connectivity index (χ2v) is 8.53. The molecule has 1 aliphatic rings. The van der Waals surface area contributed by atoms with E-state index in [2.05, 4.69) is 88.5 Å². The Bertz CT molecular complexity index is 636. The maximum absolute atomic E-state index is 3.82. The van der Waals surface area contributed by atoms with E-state index in [4.69, 9.17) is 0 Å². The van der Waals surface area contributed by atoms with Crippen molar-refractivity contribution in [3.05, 3.63) is 70.8 Å². The number of nitrogens with one attached hydrogen (secondary N) is 1. The Hall–Kier alpha value is -1.60. The predicted octanol–water partition coefficient (Wildman–Crippen LogP) is 6.38. The molecule has 1 heterocycles. The van der Waals surface area contributed by atoms with Gasteiger partial charge in [0.2, 0.25) is 0 Å². The van der Waals surface area contributed by atoms with E-state index in [1.165, 1.54) is 35.1 Å². The molecular formula is C25H35N. The minimum Gasteiger partial charge on any atom is -0.313 e. The van der Waals surface area contributed by atoms with Crippen LogP contribution in [0.3, 0.4) is 0 Å². The molecule has 1 aliphatic heterocycles. The third kappa shape index (κ3) is 3.47. The zero-order chi connectivity index (χ0) is 18.7. The lowest BCUT2D eigenvalue weighted by Gasteiger charge is -2.40. The molecule has 1 fully saturated rings. The van der Waals surface area contributed by atoms with Crippen LogP contribution in [0, 0.1) is 0 Å². The van der Waals surface area contributed by atoms with Crippen molar-refractivity contribution in [2.75, 3.05) is 6.54 Å². The van der Waals surface area contributed by atoms with Crippen molar-refractivity contribution < 1.29 is 0 Å². The van der Waals surface area contributed by atoms with E-state index in [-0.39, 0.29) is 5.41 Å². The summed E-state index contributed by atoms with van der Waals surface area (Å²) in [6.07, 6.45) is 3.65. The Morgan fingerprint density at radius 1 is 0.846 bits per heavy atom. The van der Waals surface area contributed by atoms with E-state index in [0.29, 0.717) is 17.9 Å². The fourth-order valence-corrected chi connectivity index (χ4v) is 4.66. The van der Waals surface area contributed by atoms with Crippen LogP contribution in [0.4, 0.5) is 0 Å². The van der Waals surface area contributed by atoms with Gasteiger partial charge in [0.15, 0.2) is 0 Å². The summed E-state index contributed by atoms with van der Waals surface area (Å²) in [5.41, 5.74) is 5.82. The SMILES string of the molecule is CCC(c1ccc(C(C)C)cc1)(c1ccc(C(C)C)cc1)C1CCCN1. The molecule has 0 aromatic heterocycles. The molecule has 0 saturated carbocycles. The summed E-state index contributed by atoms with van der Waals surface area (Å²) in [6, 6.07) is 19.4. The lowest BCUT2D eigenvalue weighted by atomic mass is 9.66. The number of hydrogen-bond acceptors (Lipinski definition) is 1. The molecule has 26 heavy (non-hydrogen) atoms. The molecule has 1 unspecified atom stereocenters. The largest absolute Gasteiger partial charge is 0.313 e. The average molecular weight is 350 g/mol. The first kappa shape index (κ1) is 19.2. The second kappa shape index (κ2) is 7.96. The van der Waals surface area contributed by atoms with E-state index in [1.54, 1.807) is 0 Å². The van der Waals surface area contributed by atoms with Gasteiger partial charge in [0.05, 0.1) is 0 Å². The van der Waals surface area contributed by atoms with E-state index >= 15 is 0 Å². The monoisotopic (exact) mass is 349 g/mol. The van der Waals surface area contributed by atoms with Crippen molar-refractivity contribution in [3.8, 4) is 0 Å². The second-order valence-electron chi connectivity index (χ2n) is 8.53. The van der Waals surface area contributed by atoms with E-state index in [1.807, 2.05) is 0 Å². The van der Waals surface area contributed by atoms with Crippen molar-refractivity contribution in [1.82, 2.24) is 5.32 Å². The predicted molar refractivity (Wildman–Crippen MR) is 113 cm³/mol. The van der Waals surface area contributed by atoms with Gasteiger partial charge in [-0.25, -0.2) is 0 Å². The Morgan fingerprint density at radius 2 is 1.31 bits per heavy atom. The van der Waals surface area contributed by atoms with Gasteiger partial charge in [0.1, 0.15) is 0 Å². The number of rotatable bonds is 6. The third-order valence-corrected chi connectivity index (χ3v) is 6.40. The summed E-state index contributed by atoms with van der Waals surface area (Å²) in [4.78, 5) is 0. The van der Waals surface area contributed by atoms with Gasteiger partial charge < -0.3 is 5.32 Å². The molecule has 1 atom stereocenters. The van der Waals surface area contributed by atoms with Gasteiger partial charge in [0.25, 0.3) is 0 Å². The van der Waals surface area contributed by atoms with Crippen LogP contribution >= 0.6 is 0 Å². The van der Waals surface area contributed by atoms with E-state index < -0.39 is 0 Å². The molecule has 1 nitrogen and oxygen atoms in total. The van der Waals surface area contributed by atoms with Gasteiger partial charge in [-0.2, -0.15) is 0 Å². The van der Waals surface area contributed by atoms with Crippen LogP contribution < -0.4 is 5.32 Å². The van der Waals surface area contributed by atoms with Gasteiger partial charge in [-0.05, 0) is 59.9 Å². The number of benzene rings is 2. The van der Waals surface area contributed by atoms with Crippen molar-refractivity contribution in [3.63, 3.8) is 0 Å². The highest BCUT2D eigenvalue weighted by Gasteiger charge is 2.41. The average Bonchev–Trinajstić information content (AvgIpc) is 3.19. The highest BCUT2D eigenvalue weighted by molar-refractivity contribution is 5.44. The van der Waals surface area contributed by atoms with Crippen LogP contribution in [0.25, 0.3) is 0 Å². The maximum atomic E-state index is 3.82. The summed E-state index contributed by atoms with van der Waals surface area (Å²) in [5.74, 6) is 1.16. The summed E-state index contributed by atoms with van der Waals surface area (Å²) < 4.78 is 0. The van der Waals surface area contributed by atoms with Gasteiger partial charge in [-0.3, -0.25) is 0 Å². The molecule has 1 saturated heterocycles. The molecule has 140 valence electrons. The summed E-state index contributed by atoms with van der Waals surface area (Å²) >= 11 is 0. The van der Waals surface area contributed by atoms with Crippen molar-refractivity contribution in [1.29, 1.82) is 0 Å². The van der Waals surface area contributed by atoms with Crippen LogP contribution in [-0.2, 0) is 5.41 Å². The quantitative estimate of drug-likeness (QED) is 0.638.